The maximum absolute atomic E-state index is 12.6. The molecule has 0 radical (unpaired) electrons. The average molecular weight is 381 g/mol. The molecule has 0 atom stereocenters. The zero-order valence-corrected chi connectivity index (χ0v) is 15.8. The van der Waals surface area contributed by atoms with Crippen LogP contribution in [0.15, 0.2) is 29.2 Å². The molecule has 0 unspecified atom stereocenters. The molecule has 1 amide bonds. The first-order chi connectivity index (χ1) is 12.6. The molecule has 0 spiro atoms. The standard InChI is InChI=1S/C18H27N3O4S/c22-18(19-8-3-11-20-9-1-2-10-20)16-4-6-17(7-5-16)26(23,24)21-12-14-25-15-13-21/h4-7H,1-3,8-15H2,(H,19,22). The van der Waals surface area contributed by atoms with E-state index in [4.69, 9.17) is 4.74 Å². The first-order valence-electron chi connectivity index (χ1n) is 9.26. The van der Waals surface area contributed by atoms with E-state index >= 15 is 0 Å². The van der Waals surface area contributed by atoms with Crippen LogP contribution in [0.4, 0.5) is 0 Å². The van der Waals surface area contributed by atoms with Gasteiger partial charge in [-0.1, -0.05) is 0 Å². The van der Waals surface area contributed by atoms with Crippen LogP contribution in [-0.4, -0.2) is 76.0 Å². The molecule has 1 aromatic carbocycles. The van der Waals surface area contributed by atoms with Crippen molar-refractivity contribution in [1.29, 1.82) is 0 Å². The lowest BCUT2D eigenvalue weighted by atomic mass is 10.2. The van der Waals surface area contributed by atoms with Gasteiger partial charge in [-0.15, -0.1) is 0 Å². The van der Waals surface area contributed by atoms with Crippen LogP contribution in [0.1, 0.15) is 29.6 Å². The number of morpholine rings is 1. The van der Waals surface area contributed by atoms with Crippen molar-refractivity contribution in [2.24, 2.45) is 0 Å². The number of likely N-dealkylation sites (tertiary alicyclic amines) is 1. The minimum Gasteiger partial charge on any atom is -0.379 e. The Bertz CT molecular complexity index is 694. The van der Waals surface area contributed by atoms with Gasteiger partial charge in [-0.25, -0.2) is 8.42 Å². The summed E-state index contributed by atoms with van der Waals surface area (Å²) >= 11 is 0. The Balaban J connectivity index is 1.50. The minimum atomic E-state index is -3.52. The third kappa shape index (κ3) is 4.82. The summed E-state index contributed by atoms with van der Waals surface area (Å²) in [6, 6.07) is 6.15. The van der Waals surface area contributed by atoms with Crippen LogP contribution in [-0.2, 0) is 14.8 Å². The SMILES string of the molecule is O=C(NCCCN1CCCC1)c1ccc(S(=O)(=O)N2CCOCC2)cc1. The maximum atomic E-state index is 12.6. The molecule has 0 aliphatic carbocycles. The maximum Gasteiger partial charge on any atom is 0.251 e. The normalized spacial score (nSPS) is 19.5. The van der Waals surface area contributed by atoms with Crippen LogP contribution in [0.25, 0.3) is 0 Å². The van der Waals surface area contributed by atoms with Gasteiger partial charge in [0.2, 0.25) is 10.0 Å². The average Bonchev–Trinajstić information content (AvgIpc) is 3.19. The summed E-state index contributed by atoms with van der Waals surface area (Å²) in [6.07, 6.45) is 3.47. The second-order valence-corrected chi connectivity index (χ2v) is 8.64. The van der Waals surface area contributed by atoms with Crippen molar-refractivity contribution in [1.82, 2.24) is 14.5 Å². The molecule has 3 rings (SSSR count). The van der Waals surface area contributed by atoms with Crippen molar-refractivity contribution < 1.29 is 17.9 Å². The highest BCUT2D eigenvalue weighted by Crippen LogP contribution is 2.17. The van der Waals surface area contributed by atoms with Crippen molar-refractivity contribution >= 4 is 15.9 Å². The molecule has 2 aliphatic rings. The fourth-order valence-corrected chi connectivity index (χ4v) is 4.74. The van der Waals surface area contributed by atoms with Crippen LogP contribution in [0.3, 0.4) is 0 Å². The predicted octanol–water partition coefficient (Wildman–Crippen LogP) is 0.923. The van der Waals surface area contributed by atoms with E-state index in [9.17, 15) is 13.2 Å². The van der Waals surface area contributed by atoms with Crippen LogP contribution in [0, 0.1) is 0 Å². The number of carbonyl (C=O) groups excluding carboxylic acids is 1. The van der Waals surface area contributed by atoms with Gasteiger partial charge >= 0.3 is 0 Å². The van der Waals surface area contributed by atoms with Crippen LogP contribution in [0.2, 0.25) is 0 Å². The van der Waals surface area contributed by atoms with Gasteiger partial charge in [0.05, 0.1) is 18.1 Å². The van der Waals surface area contributed by atoms with Gasteiger partial charge in [-0.2, -0.15) is 4.31 Å². The van der Waals surface area contributed by atoms with E-state index < -0.39 is 10.0 Å². The Kier molecular flexibility index (Phi) is 6.63. The number of ether oxygens (including phenoxy) is 1. The van der Waals surface area contributed by atoms with E-state index in [0.717, 1.165) is 26.1 Å². The first-order valence-corrected chi connectivity index (χ1v) is 10.7. The van der Waals surface area contributed by atoms with E-state index in [1.807, 2.05) is 0 Å². The van der Waals surface area contributed by atoms with Gasteiger partial charge < -0.3 is 15.0 Å². The highest BCUT2D eigenvalue weighted by Gasteiger charge is 2.26. The highest BCUT2D eigenvalue weighted by molar-refractivity contribution is 7.89. The molecule has 26 heavy (non-hydrogen) atoms. The second-order valence-electron chi connectivity index (χ2n) is 6.70. The molecule has 1 N–H and O–H groups in total. The zero-order valence-electron chi connectivity index (χ0n) is 15.0. The number of benzene rings is 1. The van der Waals surface area contributed by atoms with Gasteiger partial charge in [-0.05, 0) is 63.2 Å². The Labute approximate surface area is 155 Å². The summed E-state index contributed by atoms with van der Waals surface area (Å²) in [5.41, 5.74) is 0.479. The van der Waals surface area contributed by atoms with Gasteiger partial charge in [0.15, 0.2) is 0 Å². The summed E-state index contributed by atoms with van der Waals surface area (Å²) in [5, 5.41) is 2.90. The second kappa shape index (κ2) is 8.94. The highest BCUT2D eigenvalue weighted by atomic mass is 32.2. The van der Waals surface area contributed by atoms with Crippen LogP contribution in [0.5, 0.6) is 0 Å². The van der Waals surface area contributed by atoms with Gasteiger partial charge in [-0.3, -0.25) is 4.79 Å². The third-order valence-electron chi connectivity index (χ3n) is 4.86. The molecular weight excluding hydrogens is 354 g/mol. The summed E-state index contributed by atoms with van der Waals surface area (Å²) < 4.78 is 31.8. The number of nitrogens with zero attached hydrogens (tertiary/aromatic N) is 2. The van der Waals surface area contributed by atoms with Gasteiger partial charge in [0, 0.05) is 25.2 Å². The number of amides is 1. The fraction of sp³-hybridized carbons (Fsp3) is 0.611. The molecule has 0 saturated carbocycles. The smallest absolute Gasteiger partial charge is 0.251 e. The number of nitrogens with one attached hydrogen (secondary N) is 1. The Hall–Kier alpha value is -1.48. The molecule has 2 aliphatic heterocycles. The van der Waals surface area contributed by atoms with Crippen LogP contribution < -0.4 is 5.32 Å². The molecule has 144 valence electrons. The number of hydrogen-bond acceptors (Lipinski definition) is 5. The van der Waals surface area contributed by atoms with Crippen LogP contribution >= 0.6 is 0 Å². The molecule has 0 bridgehead atoms. The van der Waals surface area contributed by atoms with E-state index in [2.05, 4.69) is 10.2 Å². The molecule has 7 nitrogen and oxygen atoms in total. The van der Waals surface area contributed by atoms with Crippen molar-refractivity contribution in [3.8, 4) is 0 Å². The van der Waals surface area contributed by atoms with E-state index in [0.29, 0.717) is 38.4 Å². The van der Waals surface area contributed by atoms with Gasteiger partial charge in [0.25, 0.3) is 5.91 Å². The van der Waals surface area contributed by atoms with E-state index in [1.165, 1.54) is 29.3 Å². The van der Waals surface area contributed by atoms with E-state index in [1.54, 1.807) is 12.1 Å². The molecule has 2 fully saturated rings. The molecule has 8 heteroatoms. The first kappa shape index (κ1) is 19.3. The lowest BCUT2D eigenvalue weighted by Gasteiger charge is -2.26. The Morgan fingerprint density at radius 3 is 2.35 bits per heavy atom. The largest absolute Gasteiger partial charge is 0.379 e. The lowest BCUT2D eigenvalue weighted by Crippen LogP contribution is -2.40. The quantitative estimate of drug-likeness (QED) is 0.711. The number of carbonyl (C=O) groups is 1. The summed E-state index contributed by atoms with van der Waals surface area (Å²) in [7, 11) is -3.52. The lowest BCUT2D eigenvalue weighted by molar-refractivity contribution is 0.0730. The van der Waals surface area contributed by atoms with Crippen molar-refractivity contribution in [2.45, 2.75) is 24.2 Å². The topological polar surface area (TPSA) is 79.0 Å². The summed E-state index contributed by atoms with van der Waals surface area (Å²) in [5.74, 6) is -0.165. The van der Waals surface area contributed by atoms with E-state index in [-0.39, 0.29) is 10.8 Å². The molecule has 2 saturated heterocycles. The molecule has 0 aromatic heterocycles. The minimum absolute atomic E-state index is 0.165. The molecule has 2 heterocycles. The molecular formula is C18H27N3O4S. The van der Waals surface area contributed by atoms with Crippen molar-refractivity contribution in [3.05, 3.63) is 29.8 Å². The number of sulfonamides is 1. The zero-order chi connectivity index (χ0) is 18.4. The van der Waals surface area contributed by atoms with Crippen molar-refractivity contribution in [3.63, 3.8) is 0 Å². The third-order valence-corrected chi connectivity index (χ3v) is 6.77. The predicted molar refractivity (Wildman–Crippen MR) is 98.6 cm³/mol. The Morgan fingerprint density at radius 2 is 1.69 bits per heavy atom. The van der Waals surface area contributed by atoms with Gasteiger partial charge in [0.1, 0.15) is 0 Å². The fourth-order valence-electron chi connectivity index (χ4n) is 3.33. The summed E-state index contributed by atoms with van der Waals surface area (Å²) in [4.78, 5) is 14.8. The van der Waals surface area contributed by atoms with Crippen molar-refractivity contribution in [2.75, 3.05) is 52.5 Å². The summed E-state index contributed by atoms with van der Waals surface area (Å²) in [6.45, 7) is 5.51. The Morgan fingerprint density at radius 1 is 1.04 bits per heavy atom. The number of rotatable bonds is 7. The number of hydrogen-bond donors (Lipinski definition) is 1. The molecule has 1 aromatic rings. The monoisotopic (exact) mass is 381 g/mol.